The number of aryl methyl sites for hydroxylation is 2. The molecule has 6 nitrogen and oxygen atoms in total. The summed E-state index contributed by atoms with van der Waals surface area (Å²) in [6.45, 7) is 5.79. The molecule has 0 bridgehead atoms. The monoisotopic (exact) mass is 461 g/mol. The van der Waals surface area contributed by atoms with Crippen molar-refractivity contribution in [2.75, 3.05) is 7.11 Å². The molecule has 0 saturated heterocycles. The topological polar surface area (TPSA) is 86.3 Å². The molecule has 0 amide bonds. The number of benzene rings is 2. The van der Waals surface area contributed by atoms with Crippen molar-refractivity contribution in [2.45, 2.75) is 27.2 Å². The second kappa shape index (κ2) is 10.6. The molecule has 2 aromatic carbocycles. The highest BCUT2D eigenvalue weighted by Gasteiger charge is 2.12. The lowest BCUT2D eigenvalue weighted by molar-refractivity contribution is 0.408. The van der Waals surface area contributed by atoms with E-state index in [4.69, 9.17) is 10.5 Å². The van der Waals surface area contributed by atoms with Crippen molar-refractivity contribution in [2.24, 2.45) is 10.7 Å². The molecule has 2 heterocycles. The summed E-state index contributed by atoms with van der Waals surface area (Å²) in [7, 11) is 1.67. The van der Waals surface area contributed by atoms with Crippen LogP contribution in [0.2, 0.25) is 0 Å². The number of nitrogens with zero attached hydrogens (tertiary/aromatic N) is 4. The lowest BCUT2D eigenvalue weighted by Crippen LogP contribution is -2.18. The minimum atomic E-state index is 0.322. The highest BCUT2D eigenvalue weighted by atomic mass is 16.5. The van der Waals surface area contributed by atoms with Gasteiger partial charge in [-0.15, -0.1) is 5.92 Å². The molecule has 6 heteroatoms. The van der Waals surface area contributed by atoms with Gasteiger partial charge in [-0.3, -0.25) is 9.97 Å². The van der Waals surface area contributed by atoms with Gasteiger partial charge in [-0.1, -0.05) is 30.2 Å². The van der Waals surface area contributed by atoms with E-state index in [2.05, 4.69) is 50.0 Å². The Kier molecular flexibility index (Phi) is 7.18. The van der Waals surface area contributed by atoms with Crippen LogP contribution < -0.4 is 10.5 Å². The molecule has 174 valence electrons. The lowest BCUT2D eigenvalue weighted by Gasteiger charge is -2.11. The van der Waals surface area contributed by atoms with Gasteiger partial charge in [0.25, 0.3) is 0 Å². The van der Waals surface area contributed by atoms with Crippen LogP contribution in [0.1, 0.15) is 40.6 Å². The van der Waals surface area contributed by atoms with E-state index in [0.29, 0.717) is 18.0 Å². The van der Waals surface area contributed by atoms with Crippen LogP contribution in [0.3, 0.4) is 0 Å². The molecular weight excluding hydrogens is 434 g/mol. The smallest absolute Gasteiger partial charge is 0.151 e. The summed E-state index contributed by atoms with van der Waals surface area (Å²) in [6.07, 6.45) is 7.49. The molecule has 0 aliphatic carbocycles. The van der Waals surface area contributed by atoms with Gasteiger partial charge in [0, 0.05) is 42.3 Å². The van der Waals surface area contributed by atoms with Crippen molar-refractivity contribution >= 4 is 11.5 Å². The van der Waals surface area contributed by atoms with Gasteiger partial charge in [-0.2, -0.15) is 0 Å². The minimum absolute atomic E-state index is 0.322. The number of ether oxygens (including phenoxy) is 1. The summed E-state index contributed by atoms with van der Waals surface area (Å²) in [4.78, 5) is 18.0. The first-order valence-electron chi connectivity index (χ1n) is 11.2. The van der Waals surface area contributed by atoms with Gasteiger partial charge >= 0.3 is 0 Å². The summed E-state index contributed by atoms with van der Waals surface area (Å²) < 4.78 is 5.45. The Morgan fingerprint density at radius 2 is 1.77 bits per heavy atom. The van der Waals surface area contributed by atoms with Gasteiger partial charge in [0.15, 0.2) is 5.84 Å². The third-order valence-electron chi connectivity index (χ3n) is 5.55. The maximum absolute atomic E-state index is 6.41. The van der Waals surface area contributed by atoms with Crippen molar-refractivity contribution < 1.29 is 4.74 Å². The number of rotatable bonds is 6. The molecule has 0 spiro atoms. The summed E-state index contributed by atoms with van der Waals surface area (Å²) >= 11 is 0. The molecule has 0 saturated carbocycles. The predicted molar refractivity (Wildman–Crippen MR) is 140 cm³/mol. The quantitative estimate of drug-likeness (QED) is 0.243. The number of aromatic nitrogens is 3. The Hall–Kier alpha value is -4.50. The fourth-order valence-electron chi connectivity index (χ4n) is 4.08. The van der Waals surface area contributed by atoms with Crippen LogP contribution >= 0.6 is 0 Å². The van der Waals surface area contributed by atoms with Crippen molar-refractivity contribution in [1.82, 2.24) is 15.0 Å². The summed E-state index contributed by atoms with van der Waals surface area (Å²) in [6, 6.07) is 14.2. The number of methoxy groups -OCH3 is 1. The van der Waals surface area contributed by atoms with Crippen molar-refractivity contribution in [3.8, 4) is 28.7 Å². The molecular formula is C29H27N5O. The zero-order chi connectivity index (χ0) is 24.8. The number of hydrogen-bond acceptors (Lipinski definition) is 5. The van der Waals surface area contributed by atoms with Gasteiger partial charge in [0.05, 0.1) is 18.5 Å². The lowest BCUT2D eigenvalue weighted by atomic mass is 10.0. The minimum Gasteiger partial charge on any atom is -0.496 e. The molecule has 35 heavy (non-hydrogen) atoms. The zero-order valence-electron chi connectivity index (χ0n) is 20.3. The van der Waals surface area contributed by atoms with Crippen LogP contribution in [0.15, 0.2) is 72.2 Å². The first-order valence-corrected chi connectivity index (χ1v) is 11.2. The summed E-state index contributed by atoms with van der Waals surface area (Å²) in [5.74, 6) is 7.15. The van der Waals surface area contributed by atoms with Gasteiger partial charge in [0.2, 0.25) is 0 Å². The molecule has 0 radical (unpaired) electrons. The molecule has 4 aromatic rings. The van der Waals surface area contributed by atoms with E-state index in [0.717, 1.165) is 50.5 Å². The third kappa shape index (κ3) is 5.53. The van der Waals surface area contributed by atoms with E-state index in [1.807, 2.05) is 51.2 Å². The van der Waals surface area contributed by atoms with Crippen LogP contribution in [-0.2, 0) is 6.42 Å². The fourth-order valence-corrected chi connectivity index (χ4v) is 4.08. The Balaban J connectivity index is 1.64. The number of pyridine rings is 1. The van der Waals surface area contributed by atoms with Gasteiger partial charge in [-0.05, 0) is 61.2 Å². The van der Waals surface area contributed by atoms with Crippen LogP contribution in [0.5, 0.6) is 5.75 Å². The standard InChI is InChI=1S/C29H27N5O/c1-5-7-22-15-24(18-31-17-22)23-9-6-8-21(14-23)16-26-27(33-11-10-32-26)29(30)34-25-12-19(2)28(35-4)20(3)13-25/h6,8-15,17-18H,16H2,1-4H3,(H2,30,34). The first kappa shape index (κ1) is 23.7. The van der Waals surface area contributed by atoms with E-state index in [1.165, 1.54) is 0 Å². The average Bonchev–Trinajstić information content (AvgIpc) is 2.85. The van der Waals surface area contributed by atoms with Crippen molar-refractivity contribution in [3.63, 3.8) is 0 Å². The number of amidine groups is 1. The number of nitrogens with two attached hydrogens (primary N) is 1. The number of hydrogen-bond donors (Lipinski definition) is 1. The highest BCUT2D eigenvalue weighted by Crippen LogP contribution is 2.28. The largest absolute Gasteiger partial charge is 0.496 e. The van der Waals surface area contributed by atoms with E-state index in [1.54, 1.807) is 25.7 Å². The van der Waals surface area contributed by atoms with Gasteiger partial charge in [0.1, 0.15) is 11.4 Å². The molecule has 2 N–H and O–H groups in total. The van der Waals surface area contributed by atoms with Crippen LogP contribution in [0.4, 0.5) is 5.69 Å². The molecule has 0 atom stereocenters. The first-order chi connectivity index (χ1) is 17.0. The maximum atomic E-state index is 6.41. The zero-order valence-corrected chi connectivity index (χ0v) is 20.3. The third-order valence-corrected chi connectivity index (χ3v) is 5.55. The van der Waals surface area contributed by atoms with E-state index in [9.17, 15) is 0 Å². The van der Waals surface area contributed by atoms with Crippen LogP contribution in [0.25, 0.3) is 11.1 Å². The summed E-state index contributed by atoms with van der Waals surface area (Å²) in [5, 5.41) is 0. The maximum Gasteiger partial charge on any atom is 0.151 e. The van der Waals surface area contributed by atoms with Crippen LogP contribution in [-0.4, -0.2) is 27.9 Å². The van der Waals surface area contributed by atoms with Crippen molar-refractivity contribution in [1.29, 1.82) is 0 Å². The van der Waals surface area contributed by atoms with Gasteiger partial charge in [-0.25, -0.2) is 9.98 Å². The Morgan fingerprint density at radius 3 is 2.51 bits per heavy atom. The molecule has 0 unspecified atom stereocenters. The molecule has 2 aromatic heterocycles. The second-order valence-corrected chi connectivity index (χ2v) is 8.18. The van der Waals surface area contributed by atoms with Crippen molar-refractivity contribution in [3.05, 3.63) is 101 Å². The molecule has 4 rings (SSSR count). The highest BCUT2D eigenvalue weighted by molar-refractivity contribution is 5.98. The molecule has 0 aliphatic heterocycles. The summed E-state index contributed by atoms with van der Waals surface area (Å²) in [5.41, 5.74) is 14.5. The van der Waals surface area contributed by atoms with Gasteiger partial charge < -0.3 is 10.5 Å². The second-order valence-electron chi connectivity index (χ2n) is 8.18. The Labute approximate surface area is 206 Å². The molecule has 0 fully saturated rings. The van der Waals surface area contributed by atoms with E-state index >= 15 is 0 Å². The van der Waals surface area contributed by atoms with E-state index < -0.39 is 0 Å². The molecule has 0 aliphatic rings. The predicted octanol–water partition coefficient (Wildman–Crippen LogP) is 5.16. The average molecular weight is 462 g/mol. The Bertz CT molecular complexity index is 1440. The fraction of sp³-hybridized carbons (Fsp3) is 0.172. The Morgan fingerprint density at radius 1 is 1.00 bits per heavy atom. The van der Waals surface area contributed by atoms with E-state index in [-0.39, 0.29) is 0 Å². The number of aliphatic imine (C=N–C) groups is 1. The van der Waals surface area contributed by atoms with Crippen LogP contribution in [0, 0.1) is 25.7 Å². The SMILES string of the molecule is CC#Cc1cncc(-c2cccc(Cc3nccnc3C(N)=Nc3cc(C)c(OC)c(C)c3)c2)c1. The normalized spacial score (nSPS) is 11.0.